The number of nitrogens with zero attached hydrogens (tertiary/aromatic N) is 6. The van der Waals surface area contributed by atoms with Crippen LogP contribution in [0.4, 0.5) is 0 Å². The Balaban J connectivity index is 1.66. The first-order valence-corrected chi connectivity index (χ1v) is 9.97. The lowest BCUT2D eigenvalue weighted by molar-refractivity contribution is -0.143. The number of rotatable bonds is 6. The van der Waals surface area contributed by atoms with Gasteiger partial charge in [0.05, 0.1) is 26.4 Å². The lowest BCUT2D eigenvalue weighted by atomic mass is 9.84. The summed E-state index contributed by atoms with van der Waals surface area (Å²) in [6, 6.07) is 0. The van der Waals surface area contributed by atoms with Crippen LogP contribution in [-0.4, -0.2) is 89.0 Å². The van der Waals surface area contributed by atoms with E-state index < -0.39 is 0 Å². The van der Waals surface area contributed by atoms with Crippen LogP contribution in [0.1, 0.15) is 38.4 Å². The summed E-state index contributed by atoms with van der Waals surface area (Å²) in [5.41, 5.74) is -0.518. The van der Waals surface area contributed by atoms with Crippen LogP contribution in [0.25, 0.3) is 0 Å². The van der Waals surface area contributed by atoms with Crippen molar-refractivity contribution >= 4 is 5.91 Å². The normalized spacial score (nSPS) is 28.3. The predicted molar refractivity (Wildman–Crippen MR) is 96.9 cm³/mol. The molecule has 2 aliphatic heterocycles. The van der Waals surface area contributed by atoms with Crippen LogP contribution in [0.2, 0.25) is 0 Å². The van der Waals surface area contributed by atoms with Crippen molar-refractivity contribution in [3.05, 3.63) is 5.82 Å². The third-order valence-electron chi connectivity index (χ3n) is 6.35. The largest absolute Gasteiger partial charge is 0.383 e. The average molecular weight is 378 g/mol. The molecule has 1 unspecified atom stereocenters. The number of ether oxygens (including phenoxy) is 2. The Morgan fingerprint density at radius 2 is 2.00 bits per heavy atom. The highest BCUT2D eigenvalue weighted by molar-refractivity contribution is 5.85. The fourth-order valence-corrected chi connectivity index (χ4v) is 4.43. The molecule has 4 rings (SSSR count). The first-order chi connectivity index (χ1) is 13.1. The molecule has 1 aromatic rings. The SMILES string of the molecule is COCCn1nnnc1C1(N2CCOCC2)CCCN(C(=O)C2(C)CC2)C1. The Labute approximate surface area is 160 Å². The van der Waals surface area contributed by atoms with Crippen LogP contribution in [0, 0.1) is 5.41 Å². The number of likely N-dealkylation sites (tertiary alicyclic amines) is 1. The molecule has 3 aliphatic rings. The molecule has 0 spiro atoms. The summed E-state index contributed by atoms with van der Waals surface area (Å²) in [5, 5.41) is 12.6. The highest BCUT2D eigenvalue weighted by atomic mass is 16.5. The molecule has 1 atom stereocenters. The standard InChI is InChI=1S/C18H30N6O3/c1-17(5-6-17)16(25)22-7-3-4-18(14-22,23-8-12-27-13-9-23)15-19-20-21-24(15)10-11-26-2/h3-14H2,1-2H3. The summed E-state index contributed by atoms with van der Waals surface area (Å²) in [6.07, 6.45) is 3.90. The zero-order chi connectivity index (χ0) is 18.9. The van der Waals surface area contributed by atoms with E-state index in [2.05, 4.69) is 32.2 Å². The number of methoxy groups -OCH3 is 1. The van der Waals surface area contributed by atoms with Crippen molar-refractivity contribution in [1.82, 2.24) is 30.0 Å². The number of hydrogen-bond donors (Lipinski definition) is 0. The first kappa shape index (κ1) is 18.8. The number of carbonyl (C=O) groups excluding carboxylic acids is 1. The van der Waals surface area contributed by atoms with Crippen molar-refractivity contribution in [3.8, 4) is 0 Å². The van der Waals surface area contributed by atoms with Crippen LogP contribution in [-0.2, 0) is 26.4 Å². The van der Waals surface area contributed by atoms with Gasteiger partial charge in [-0.25, -0.2) is 4.68 Å². The zero-order valence-corrected chi connectivity index (χ0v) is 16.4. The van der Waals surface area contributed by atoms with Gasteiger partial charge in [0.2, 0.25) is 5.91 Å². The van der Waals surface area contributed by atoms with Crippen molar-refractivity contribution in [3.63, 3.8) is 0 Å². The number of hydrogen-bond acceptors (Lipinski definition) is 7. The lowest BCUT2D eigenvalue weighted by Gasteiger charge is -2.50. The third-order valence-corrected chi connectivity index (χ3v) is 6.35. The molecule has 1 amide bonds. The highest BCUT2D eigenvalue weighted by Gasteiger charge is 2.52. The molecule has 1 aliphatic carbocycles. The van der Waals surface area contributed by atoms with E-state index in [1.165, 1.54) is 0 Å². The summed E-state index contributed by atoms with van der Waals surface area (Å²) >= 11 is 0. The number of amides is 1. The quantitative estimate of drug-likeness (QED) is 0.702. The minimum atomic E-state index is -0.361. The van der Waals surface area contributed by atoms with Crippen molar-refractivity contribution in [2.24, 2.45) is 5.41 Å². The van der Waals surface area contributed by atoms with Gasteiger partial charge in [0.1, 0.15) is 5.54 Å². The van der Waals surface area contributed by atoms with Crippen LogP contribution in [0.3, 0.4) is 0 Å². The van der Waals surface area contributed by atoms with E-state index in [1.54, 1.807) is 7.11 Å². The Morgan fingerprint density at radius 3 is 2.70 bits per heavy atom. The van der Waals surface area contributed by atoms with Gasteiger partial charge in [-0.15, -0.1) is 5.10 Å². The van der Waals surface area contributed by atoms with E-state index in [4.69, 9.17) is 9.47 Å². The van der Waals surface area contributed by atoms with Gasteiger partial charge in [0, 0.05) is 38.7 Å². The molecule has 0 radical (unpaired) electrons. The summed E-state index contributed by atoms with van der Waals surface area (Å²) in [6.45, 7) is 7.78. The zero-order valence-electron chi connectivity index (χ0n) is 16.4. The second-order valence-electron chi connectivity index (χ2n) is 8.24. The van der Waals surface area contributed by atoms with Gasteiger partial charge in [-0.05, 0) is 36.1 Å². The minimum Gasteiger partial charge on any atom is -0.383 e. The van der Waals surface area contributed by atoms with Gasteiger partial charge in [0.25, 0.3) is 0 Å². The van der Waals surface area contributed by atoms with E-state index >= 15 is 0 Å². The van der Waals surface area contributed by atoms with Gasteiger partial charge in [-0.3, -0.25) is 9.69 Å². The smallest absolute Gasteiger partial charge is 0.228 e. The molecule has 27 heavy (non-hydrogen) atoms. The van der Waals surface area contributed by atoms with Gasteiger partial charge < -0.3 is 14.4 Å². The molecule has 150 valence electrons. The number of aromatic nitrogens is 4. The number of piperidine rings is 1. The van der Waals surface area contributed by atoms with Gasteiger partial charge in [0.15, 0.2) is 5.82 Å². The Hall–Kier alpha value is -1.58. The number of tetrazole rings is 1. The fraction of sp³-hybridized carbons (Fsp3) is 0.889. The topological polar surface area (TPSA) is 85.6 Å². The Kier molecular flexibility index (Phi) is 5.17. The number of morpholine rings is 1. The predicted octanol–water partition coefficient (Wildman–Crippen LogP) is 0.270. The van der Waals surface area contributed by atoms with E-state index in [-0.39, 0.29) is 16.9 Å². The lowest BCUT2D eigenvalue weighted by Crippen LogP contribution is -2.61. The third kappa shape index (κ3) is 3.48. The summed E-state index contributed by atoms with van der Waals surface area (Å²) < 4.78 is 12.7. The highest BCUT2D eigenvalue weighted by Crippen LogP contribution is 2.48. The van der Waals surface area contributed by atoms with Crippen LogP contribution in [0.15, 0.2) is 0 Å². The molecular weight excluding hydrogens is 348 g/mol. The number of carbonyl (C=O) groups is 1. The van der Waals surface area contributed by atoms with Gasteiger partial charge in [-0.1, -0.05) is 6.92 Å². The van der Waals surface area contributed by atoms with Crippen molar-refractivity contribution < 1.29 is 14.3 Å². The molecule has 3 fully saturated rings. The van der Waals surface area contributed by atoms with Crippen molar-refractivity contribution in [2.45, 2.75) is 44.7 Å². The van der Waals surface area contributed by atoms with E-state index in [1.807, 2.05) is 4.68 Å². The molecule has 2 saturated heterocycles. The molecule has 0 N–H and O–H groups in total. The molecule has 1 saturated carbocycles. The summed E-state index contributed by atoms with van der Waals surface area (Å²) in [7, 11) is 1.68. The first-order valence-electron chi connectivity index (χ1n) is 9.97. The maximum absolute atomic E-state index is 13.1. The van der Waals surface area contributed by atoms with Crippen LogP contribution < -0.4 is 0 Å². The average Bonchev–Trinajstić information content (AvgIpc) is 3.28. The maximum Gasteiger partial charge on any atom is 0.228 e. The summed E-state index contributed by atoms with van der Waals surface area (Å²) in [5.74, 6) is 1.13. The molecule has 0 bridgehead atoms. The molecule has 3 heterocycles. The maximum atomic E-state index is 13.1. The second kappa shape index (κ2) is 7.44. The second-order valence-corrected chi connectivity index (χ2v) is 8.24. The monoisotopic (exact) mass is 378 g/mol. The molecular formula is C18H30N6O3. The fourth-order valence-electron chi connectivity index (χ4n) is 4.43. The van der Waals surface area contributed by atoms with Crippen molar-refractivity contribution in [1.29, 1.82) is 0 Å². The minimum absolute atomic E-state index is 0.157. The molecule has 9 heteroatoms. The van der Waals surface area contributed by atoms with E-state index in [0.717, 1.165) is 51.1 Å². The molecule has 0 aromatic carbocycles. The van der Waals surface area contributed by atoms with Crippen molar-refractivity contribution in [2.75, 3.05) is 53.1 Å². The van der Waals surface area contributed by atoms with Crippen LogP contribution in [0.5, 0.6) is 0 Å². The Morgan fingerprint density at radius 1 is 1.22 bits per heavy atom. The van der Waals surface area contributed by atoms with E-state index in [9.17, 15) is 4.79 Å². The molecule has 9 nitrogen and oxygen atoms in total. The molecule has 1 aromatic heterocycles. The summed E-state index contributed by atoms with van der Waals surface area (Å²) in [4.78, 5) is 17.6. The Bertz CT molecular complexity index is 670. The van der Waals surface area contributed by atoms with Crippen LogP contribution >= 0.6 is 0 Å². The van der Waals surface area contributed by atoms with Gasteiger partial charge >= 0.3 is 0 Å². The van der Waals surface area contributed by atoms with E-state index in [0.29, 0.717) is 32.9 Å². The van der Waals surface area contributed by atoms with Gasteiger partial charge in [-0.2, -0.15) is 0 Å².